The largest absolute Gasteiger partial charge is 0.458 e. The van der Waals surface area contributed by atoms with Crippen LogP contribution in [0.2, 0.25) is 0 Å². The van der Waals surface area contributed by atoms with Crippen molar-refractivity contribution in [1.29, 1.82) is 0 Å². The van der Waals surface area contributed by atoms with Gasteiger partial charge in [-0.1, -0.05) is 153 Å². The summed E-state index contributed by atoms with van der Waals surface area (Å²) in [6, 6.07) is 33.8. The number of thiophene rings is 1. The normalized spacial score (nSPS) is 16.9. The fraction of sp³-hybridized carbons (Fsp3) is 0.429. The van der Waals surface area contributed by atoms with Crippen LogP contribution >= 0.6 is 11.3 Å². The molecule has 0 saturated heterocycles. The molecule has 2 aliphatic heterocycles. The third-order valence-corrected chi connectivity index (χ3v) is 15.5. The lowest BCUT2D eigenvalue weighted by atomic mass is 9.36. The van der Waals surface area contributed by atoms with Gasteiger partial charge in [0, 0.05) is 26.1 Å². The number of fused-ring (bicyclic) bond motifs is 7. The molecular formula is C56H66BNOS. The highest BCUT2D eigenvalue weighted by molar-refractivity contribution is 7.33. The van der Waals surface area contributed by atoms with E-state index in [9.17, 15) is 0 Å². The van der Waals surface area contributed by atoms with Crippen LogP contribution in [0.5, 0.6) is 11.5 Å². The summed E-state index contributed by atoms with van der Waals surface area (Å²) in [6.45, 7) is 37.7. The maximum absolute atomic E-state index is 7.33. The number of rotatable bonds is 2. The molecule has 6 aromatic rings. The van der Waals surface area contributed by atoms with E-state index in [0.29, 0.717) is 0 Å². The minimum Gasteiger partial charge on any atom is -0.458 e. The van der Waals surface area contributed by atoms with Crippen LogP contribution in [-0.2, 0) is 32.5 Å². The Balaban J connectivity index is 1.41. The molecule has 0 spiro atoms. The zero-order valence-corrected chi connectivity index (χ0v) is 40.2. The summed E-state index contributed by atoms with van der Waals surface area (Å²) in [7, 11) is 0. The van der Waals surface area contributed by atoms with E-state index in [1.165, 1.54) is 100 Å². The van der Waals surface area contributed by atoms with Crippen LogP contribution in [0, 0.1) is 0 Å². The number of ether oxygens (including phenoxy) is 1. The van der Waals surface area contributed by atoms with Crippen molar-refractivity contribution in [3.05, 3.63) is 118 Å². The van der Waals surface area contributed by atoms with Gasteiger partial charge in [0.15, 0.2) is 0 Å². The van der Waals surface area contributed by atoms with Crippen LogP contribution < -0.4 is 25.3 Å². The average Bonchev–Trinajstić information content (AvgIpc) is 3.53. The van der Waals surface area contributed by atoms with Crippen LogP contribution in [0.4, 0.5) is 17.1 Å². The summed E-state index contributed by atoms with van der Waals surface area (Å²) < 4.78 is 10.1. The predicted octanol–water partition coefficient (Wildman–Crippen LogP) is 14.5. The second kappa shape index (κ2) is 13.1. The first-order chi connectivity index (χ1) is 27.7. The monoisotopic (exact) mass is 811 g/mol. The van der Waals surface area contributed by atoms with Gasteiger partial charge in [0.25, 0.3) is 6.71 Å². The van der Waals surface area contributed by atoms with E-state index in [1.54, 1.807) is 0 Å². The molecule has 0 amide bonds. The summed E-state index contributed by atoms with van der Waals surface area (Å²) in [5.41, 5.74) is 17.2. The molecule has 1 aliphatic carbocycles. The highest BCUT2D eigenvalue weighted by atomic mass is 32.1. The van der Waals surface area contributed by atoms with E-state index in [0.717, 1.165) is 11.5 Å². The summed E-state index contributed by atoms with van der Waals surface area (Å²) in [4.78, 5) is 2.66. The Bertz CT molecular complexity index is 2720. The molecule has 0 fully saturated rings. The Labute approximate surface area is 365 Å². The molecule has 0 saturated carbocycles. The molecule has 310 valence electrons. The summed E-state index contributed by atoms with van der Waals surface area (Å²) in [5, 5.41) is 1.33. The fourth-order valence-corrected chi connectivity index (χ4v) is 11.3. The molecule has 0 N–H and O–H groups in total. The van der Waals surface area contributed by atoms with Gasteiger partial charge in [-0.2, -0.15) is 0 Å². The van der Waals surface area contributed by atoms with Crippen molar-refractivity contribution >= 4 is 60.9 Å². The Kier molecular flexibility index (Phi) is 8.99. The van der Waals surface area contributed by atoms with Gasteiger partial charge in [-0.15, -0.1) is 11.3 Å². The lowest BCUT2D eigenvalue weighted by molar-refractivity contribution is 0.330. The summed E-state index contributed by atoms with van der Waals surface area (Å²) in [6.07, 6.45) is 2.35. The molecule has 0 radical (unpaired) electrons. The summed E-state index contributed by atoms with van der Waals surface area (Å²) in [5.74, 6) is 2.02. The predicted molar refractivity (Wildman–Crippen MR) is 263 cm³/mol. The first-order valence-corrected chi connectivity index (χ1v) is 23.2. The van der Waals surface area contributed by atoms with Gasteiger partial charge in [0.1, 0.15) is 11.5 Å². The van der Waals surface area contributed by atoms with E-state index in [4.69, 9.17) is 4.74 Å². The van der Waals surface area contributed by atoms with Gasteiger partial charge >= 0.3 is 0 Å². The fourth-order valence-electron chi connectivity index (χ4n) is 10.0. The molecule has 60 heavy (non-hydrogen) atoms. The first kappa shape index (κ1) is 41.1. The highest BCUT2D eigenvalue weighted by Gasteiger charge is 2.47. The van der Waals surface area contributed by atoms with Crippen molar-refractivity contribution in [3.8, 4) is 22.6 Å². The van der Waals surface area contributed by atoms with Crippen molar-refractivity contribution in [2.24, 2.45) is 0 Å². The van der Waals surface area contributed by atoms with Crippen molar-refractivity contribution < 1.29 is 4.74 Å². The quantitative estimate of drug-likeness (QED) is 0.161. The lowest BCUT2D eigenvalue weighted by Crippen LogP contribution is -2.59. The Morgan fingerprint density at radius 1 is 0.550 bits per heavy atom. The molecule has 9 rings (SSSR count). The summed E-state index contributed by atoms with van der Waals surface area (Å²) >= 11 is 1.98. The van der Waals surface area contributed by atoms with Gasteiger partial charge < -0.3 is 9.64 Å². The molecule has 3 heterocycles. The minimum atomic E-state index is -0.101. The van der Waals surface area contributed by atoms with E-state index in [1.807, 2.05) is 11.3 Å². The van der Waals surface area contributed by atoms with Gasteiger partial charge in [0.2, 0.25) is 0 Å². The third kappa shape index (κ3) is 6.57. The van der Waals surface area contributed by atoms with Crippen LogP contribution in [0.15, 0.2) is 84.9 Å². The van der Waals surface area contributed by atoms with Crippen molar-refractivity contribution in [3.63, 3.8) is 0 Å². The Morgan fingerprint density at radius 2 is 1.10 bits per heavy atom. The molecule has 0 unspecified atom stereocenters. The van der Waals surface area contributed by atoms with Gasteiger partial charge in [-0.25, -0.2) is 0 Å². The number of hydrogen-bond acceptors (Lipinski definition) is 3. The standard InChI is InChI=1S/C56H66BNOS/c1-51(2,3)34-19-17-33(18-20-34)38-27-35(52(4,5)6)21-23-43(38)58-44-29-37(54(10,11)12)30-46-48(44)57(50-49(58)39-28-36(53(7,8)9)22-24-47(39)60-50)42-31-40-41(32-45(42)59-46)56(15,16)26-25-55(40,13)14/h17-24,27-32H,25-26H2,1-16H3. The van der Waals surface area contributed by atoms with Gasteiger partial charge in [-0.3, -0.25) is 0 Å². The van der Waals surface area contributed by atoms with Crippen molar-refractivity contribution in [2.75, 3.05) is 4.90 Å². The Hall–Kier alpha value is -4.28. The van der Waals surface area contributed by atoms with E-state index in [-0.39, 0.29) is 39.2 Å². The average molecular weight is 812 g/mol. The SMILES string of the molecule is CC(C)(C)c1ccc(-c2cc(C(C)(C)C)ccc2N2c3cc(C(C)(C)C)cc4c3B(c3cc5c(cc3O4)C(C)(C)CCC5(C)C)c3sc4ccc(C(C)(C)C)cc4c32)cc1. The van der Waals surface area contributed by atoms with Gasteiger partial charge in [-0.05, 0) is 138 Å². The van der Waals surface area contributed by atoms with Crippen LogP contribution in [0.3, 0.4) is 0 Å². The lowest BCUT2D eigenvalue weighted by Gasteiger charge is -2.44. The maximum atomic E-state index is 7.33. The molecule has 1 aromatic heterocycles. The molecule has 0 atom stereocenters. The van der Waals surface area contributed by atoms with Crippen molar-refractivity contribution in [1.82, 2.24) is 0 Å². The van der Waals surface area contributed by atoms with Gasteiger partial charge in [0.05, 0.1) is 11.4 Å². The molecule has 4 heteroatoms. The molecule has 5 aromatic carbocycles. The zero-order valence-electron chi connectivity index (χ0n) is 39.3. The van der Waals surface area contributed by atoms with E-state index < -0.39 is 0 Å². The van der Waals surface area contributed by atoms with Crippen LogP contribution in [0.25, 0.3) is 21.2 Å². The van der Waals surface area contributed by atoms with E-state index in [2.05, 4.69) is 201 Å². The van der Waals surface area contributed by atoms with Crippen LogP contribution in [0.1, 0.15) is 157 Å². The number of benzene rings is 5. The second-order valence-electron chi connectivity index (χ2n) is 23.8. The maximum Gasteiger partial charge on any atom is 0.268 e. The number of hydrogen-bond donors (Lipinski definition) is 0. The topological polar surface area (TPSA) is 12.5 Å². The number of anilines is 3. The van der Waals surface area contributed by atoms with Crippen molar-refractivity contribution in [2.45, 2.75) is 156 Å². The molecule has 3 aliphatic rings. The Morgan fingerprint density at radius 3 is 1.70 bits per heavy atom. The highest BCUT2D eigenvalue weighted by Crippen LogP contribution is 2.52. The third-order valence-electron chi connectivity index (χ3n) is 14.2. The molecule has 2 nitrogen and oxygen atoms in total. The van der Waals surface area contributed by atoms with Crippen LogP contribution in [-0.4, -0.2) is 6.71 Å². The molecule has 0 bridgehead atoms. The zero-order chi connectivity index (χ0) is 43.3. The minimum absolute atomic E-state index is 0.00400. The second-order valence-corrected chi connectivity index (χ2v) is 24.9. The molecular weight excluding hydrogens is 746 g/mol. The first-order valence-electron chi connectivity index (χ1n) is 22.4. The number of nitrogens with zero attached hydrogens (tertiary/aromatic N) is 1. The smallest absolute Gasteiger partial charge is 0.268 e. The van der Waals surface area contributed by atoms with E-state index >= 15 is 0 Å².